The Balaban J connectivity index is 1.32. The molecule has 0 saturated heterocycles. The molecule has 1 aromatic heterocycles. The van der Waals surface area contributed by atoms with Gasteiger partial charge in [0.15, 0.2) is 11.5 Å². The molecule has 0 spiro atoms. The highest BCUT2D eigenvalue weighted by atomic mass is 16.5. The number of aromatic amines is 1. The van der Waals surface area contributed by atoms with Gasteiger partial charge in [-0.05, 0) is 66.9 Å². The van der Waals surface area contributed by atoms with Crippen LogP contribution < -0.4 is 20.3 Å². The van der Waals surface area contributed by atoms with Crippen molar-refractivity contribution in [3.63, 3.8) is 0 Å². The fourth-order valence-electron chi connectivity index (χ4n) is 3.80. The monoisotopic (exact) mass is 489 g/mol. The largest absolute Gasteiger partial charge is 0.493 e. The first kappa shape index (κ1) is 26.8. The Labute approximate surface area is 212 Å². The van der Waals surface area contributed by atoms with Gasteiger partial charge in [0.2, 0.25) is 11.5 Å². The van der Waals surface area contributed by atoms with Crippen LogP contribution in [-0.4, -0.2) is 56.7 Å². The van der Waals surface area contributed by atoms with Crippen LogP contribution in [0.5, 0.6) is 11.5 Å². The number of rotatable bonds is 13. The Kier molecular flexibility index (Phi) is 10.3. The number of pyridine rings is 1. The summed E-state index contributed by atoms with van der Waals surface area (Å²) in [7, 11) is 5.37. The molecule has 0 unspecified atom stereocenters. The molecule has 0 fully saturated rings. The van der Waals surface area contributed by atoms with Gasteiger partial charge < -0.3 is 24.7 Å². The minimum Gasteiger partial charge on any atom is -0.493 e. The summed E-state index contributed by atoms with van der Waals surface area (Å²) in [5.41, 5.74) is 4.08. The fraction of sp³-hybridized carbons (Fsp3) is 0.310. The van der Waals surface area contributed by atoms with Gasteiger partial charge >= 0.3 is 0 Å². The quantitative estimate of drug-likeness (QED) is 0.353. The van der Waals surface area contributed by atoms with Crippen LogP contribution in [0.2, 0.25) is 0 Å². The van der Waals surface area contributed by atoms with Crippen LogP contribution in [0, 0.1) is 0 Å². The molecule has 0 radical (unpaired) electrons. The number of hydrogen-bond acceptors (Lipinski definition) is 5. The first-order chi connectivity index (χ1) is 17.5. The molecule has 0 aliphatic rings. The van der Waals surface area contributed by atoms with Crippen molar-refractivity contribution < 1.29 is 14.3 Å². The van der Waals surface area contributed by atoms with Crippen LogP contribution in [0.1, 0.15) is 24.0 Å². The summed E-state index contributed by atoms with van der Waals surface area (Å²) in [4.78, 5) is 28.3. The van der Waals surface area contributed by atoms with Gasteiger partial charge in [-0.25, -0.2) is 0 Å². The molecule has 36 heavy (non-hydrogen) atoms. The first-order valence-electron chi connectivity index (χ1n) is 12.1. The number of nitrogens with zero attached hydrogens (tertiary/aromatic N) is 1. The molecule has 190 valence electrons. The van der Waals surface area contributed by atoms with Crippen LogP contribution in [0.3, 0.4) is 0 Å². The highest BCUT2D eigenvalue weighted by molar-refractivity contribution is 5.78. The number of aromatic nitrogens is 1. The van der Waals surface area contributed by atoms with Gasteiger partial charge in [-0.1, -0.05) is 42.5 Å². The van der Waals surface area contributed by atoms with E-state index >= 15 is 0 Å². The third-order valence-electron chi connectivity index (χ3n) is 5.91. The number of ether oxygens (including phenoxy) is 2. The third kappa shape index (κ3) is 8.43. The fourth-order valence-corrected chi connectivity index (χ4v) is 3.80. The SMILES string of the molecule is COc1ccc(CCN(C)CCCNC(=O)CC=Cc2ccc(-c3ccc(=O)[nH]c3)cc2)cc1OC. The molecule has 7 nitrogen and oxygen atoms in total. The number of nitrogens with one attached hydrogen (secondary N) is 2. The van der Waals surface area contributed by atoms with E-state index in [9.17, 15) is 9.59 Å². The molecule has 0 aliphatic carbocycles. The maximum Gasteiger partial charge on any atom is 0.247 e. The lowest BCUT2D eigenvalue weighted by Crippen LogP contribution is -2.28. The average Bonchev–Trinajstić information content (AvgIpc) is 2.90. The summed E-state index contributed by atoms with van der Waals surface area (Å²) in [6.07, 6.45) is 7.67. The second-order valence-corrected chi connectivity index (χ2v) is 8.62. The van der Waals surface area contributed by atoms with Gasteiger partial charge in [0.25, 0.3) is 0 Å². The number of carbonyl (C=O) groups is 1. The van der Waals surface area contributed by atoms with Crippen molar-refractivity contribution in [2.45, 2.75) is 19.3 Å². The van der Waals surface area contributed by atoms with E-state index in [0.29, 0.717) is 13.0 Å². The first-order valence-corrected chi connectivity index (χ1v) is 12.1. The van der Waals surface area contributed by atoms with Gasteiger partial charge in [-0.2, -0.15) is 0 Å². The molecular weight excluding hydrogens is 454 g/mol. The number of methoxy groups -OCH3 is 2. The molecule has 1 amide bonds. The number of benzene rings is 2. The molecule has 1 heterocycles. The van der Waals surface area contributed by atoms with Gasteiger partial charge in [0.05, 0.1) is 14.2 Å². The predicted molar refractivity (Wildman–Crippen MR) is 145 cm³/mol. The zero-order chi connectivity index (χ0) is 25.8. The molecule has 7 heteroatoms. The highest BCUT2D eigenvalue weighted by Gasteiger charge is 2.06. The minimum atomic E-state index is -0.116. The lowest BCUT2D eigenvalue weighted by Gasteiger charge is -2.17. The molecule has 2 N–H and O–H groups in total. The summed E-state index contributed by atoms with van der Waals surface area (Å²) >= 11 is 0. The third-order valence-corrected chi connectivity index (χ3v) is 5.91. The molecule has 0 bridgehead atoms. The van der Waals surface area contributed by atoms with Crippen molar-refractivity contribution in [3.8, 4) is 22.6 Å². The Morgan fingerprint density at radius 3 is 2.42 bits per heavy atom. The summed E-state index contributed by atoms with van der Waals surface area (Å²) in [5.74, 6) is 1.50. The molecule has 0 aliphatic heterocycles. The highest BCUT2D eigenvalue weighted by Crippen LogP contribution is 2.27. The van der Waals surface area contributed by atoms with E-state index < -0.39 is 0 Å². The van der Waals surface area contributed by atoms with E-state index in [1.807, 2.05) is 48.6 Å². The summed E-state index contributed by atoms with van der Waals surface area (Å²) in [6, 6.07) is 17.3. The van der Waals surface area contributed by atoms with E-state index in [1.54, 1.807) is 26.5 Å². The second-order valence-electron chi connectivity index (χ2n) is 8.62. The van der Waals surface area contributed by atoms with Crippen molar-refractivity contribution in [1.29, 1.82) is 0 Å². The van der Waals surface area contributed by atoms with Crippen molar-refractivity contribution in [2.24, 2.45) is 0 Å². The van der Waals surface area contributed by atoms with E-state index in [1.165, 1.54) is 11.6 Å². The van der Waals surface area contributed by atoms with Crippen molar-refractivity contribution in [1.82, 2.24) is 15.2 Å². The lowest BCUT2D eigenvalue weighted by molar-refractivity contribution is -0.120. The van der Waals surface area contributed by atoms with E-state index in [2.05, 4.69) is 28.3 Å². The maximum absolute atomic E-state index is 12.1. The topological polar surface area (TPSA) is 83.7 Å². The molecule has 3 aromatic rings. The van der Waals surface area contributed by atoms with Crippen LogP contribution >= 0.6 is 0 Å². The summed E-state index contributed by atoms with van der Waals surface area (Å²) in [5, 5.41) is 2.98. The normalized spacial score (nSPS) is 11.1. The Morgan fingerprint density at radius 2 is 1.72 bits per heavy atom. The lowest BCUT2D eigenvalue weighted by atomic mass is 10.1. The predicted octanol–water partition coefficient (Wildman–Crippen LogP) is 4.14. The summed E-state index contributed by atoms with van der Waals surface area (Å²) in [6.45, 7) is 2.49. The zero-order valence-electron chi connectivity index (χ0n) is 21.3. The number of hydrogen-bond donors (Lipinski definition) is 2. The molecular formula is C29H35N3O4. The number of carbonyl (C=O) groups excluding carboxylic acids is 1. The van der Waals surface area contributed by atoms with Gasteiger partial charge in [-0.15, -0.1) is 0 Å². The zero-order valence-corrected chi connectivity index (χ0v) is 21.3. The summed E-state index contributed by atoms with van der Waals surface area (Å²) < 4.78 is 10.7. The molecule has 0 saturated carbocycles. The van der Waals surface area contributed by atoms with Crippen molar-refractivity contribution in [2.75, 3.05) is 40.9 Å². The molecule has 2 aromatic carbocycles. The number of likely N-dealkylation sites (N-methyl/N-ethyl adjacent to an activating group) is 1. The van der Waals surface area contributed by atoms with E-state index in [-0.39, 0.29) is 11.5 Å². The molecule has 3 rings (SSSR count). The number of amides is 1. The van der Waals surface area contributed by atoms with Gasteiger partial charge in [0.1, 0.15) is 0 Å². The number of H-pyrrole nitrogens is 1. The Bertz CT molecular complexity index is 1180. The van der Waals surface area contributed by atoms with Crippen LogP contribution in [0.15, 0.2) is 71.7 Å². The standard InChI is InChI=1S/C29H35N3O4/c1-32(19-16-23-10-14-26(35-2)27(20-23)36-3)18-5-17-30-28(33)7-4-6-22-8-11-24(12-9-22)25-13-15-29(34)31-21-25/h4,6,8-15,20-21H,5,7,16-19H2,1-3H3,(H,30,33)(H,31,34). The average molecular weight is 490 g/mol. The van der Waals surface area contributed by atoms with Gasteiger partial charge in [-0.3, -0.25) is 9.59 Å². The Hall–Kier alpha value is -3.84. The van der Waals surface area contributed by atoms with E-state index in [4.69, 9.17) is 9.47 Å². The minimum absolute atomic E-state index is 0.0177. The Morgan fingerprint density at radius 1 is 0.972 bits per heavy atom. The maximum atomic E-state index is 12.1. The van der Waals surface area contributed by atoms with Crippen molar-refractivity contribution >= 4 is 12.0 Å². The second kappa shape index (κ2) is 13.9. The van der Waals surface area contributed by atoms with Gasteiger partial charge in [0, 0.05) is 31.8 Å². The van der Waals surface area contributed by atoms with Crippen molar-refractivity contribution in [3.05, 3.63) is 88.4 Å². The van der Waals surface area contributed by atoms with Crippen LogP contribution in [0.4, 0.5) is 0 Å². The van der Waals surface area contributed by atoms with Crippen LogP contribution in [-0.2, 0) is 11.2 Å². The van der Waals surface area contributed by atoms with Crippen LogP contribution in [0.25, 0.3) is 17.2 Å². The molecule has 0 atom stereocenters. The van der Waals surface area contributed by atoms with E-state index in [0.717, 1.165) is 54.1 Å². The smallest absolute Gasteiger partial charge is 0.247 e.